The summed E-state index contributed by atoms with van der Waals surface area (Å²) in [4.78, 5) is 15.8. The van der Waals surface area contributed by atoms with Crippen LogP contribution in [0, 0.1) is 5.82 Å². The summed E-state index contributed by atoms with van der Waals surface area (Å²) < 4.78 is 13.0. The molecule has 1 amide bonds. The topological polar surface area (TPSA) is 68.0 Å². The van der Waals surface area contributed by atoms with Gasteiger partial charge in [-0.3, -0.25) is 9.78 Å². The predicted octanol–water partition coefficient (Wildman–Crippen LogP) is 1.77. The number of nitrogens with two attached hydrogens (primary N) is 1. The van der Waals surface area contributed by atoms with Gasteiger partial charge < -0.3 is 11.1 Å². The second-order valence-corrected chi connectivity index (χ2v) is 4.56. The summed E-state index contributed by atoms with van der Waals surface area (Å²) in [5.41, 5.74) is 7.23. The molecule has 1 heterocycles. The van der Waals surface area contributed by atoms with E-state index in [0.717, 1.165) is 11.1 Å². The first-order valence-electron chi connectivity index (χ1n) is 6.29. The van der Waals surface area contributed by atoms with Crippen molar-refractivity contribution in [3.63, 3.8) is 0 Å². The number of nitrogens with one attached hydrogen (secondary N) is 1. The Hall–Kier alpha value is -2.27. The van der Waals surface area contributed by atoms with Crippen LogP contribution >= 0.6 is 0 Å². The summed E-state index contributed by atoms with van der Waals surface area (Å²) in [6, 6.07) is 8.62. The number of hydrogen-bond donors (Lipinski definition) is 2. The number of carbonyl (C=O) groups excluding carboxylic acids is 1. The number of aromatic nitrogens is 1. The zero-order valence-electron chi connectivity index (χ0n) is 11.1. The normalized spacial score (nSPS) is 13.6. The lowest BCUT2D eigenvalue weighted by Crippen LogP contribution is -2.40. The van der Waals surface area contributed by atoms with Crippen LogP contribution < -0.4 is 11.1 Å². The first kappa shape index (κ1) is 14.1. The van der Waals surface area contributed by atoms with Crippen LogP contribution in [0.1, 0.15) is 24.1 Å². The number of carbonyl (C=O) groups is 1. The van der Waals surface area contributed by atoms with E-state index in [2.05, 4.69) is 10.3 Å². The Morgan fingerprint density at radius 3 is 2.25 bits per heavy atom. The third kappa shape index (κ3) is 3.39. The van der Waals surface area contributed by atoms with Gasteiger partial charge in [0.2, 0.25) is 5.91 Å². The Balaban J connectivity index is 2.34. The standard InChI is InChI=1S/C15H16FN3O/c1-10(17)15(20)19-14(12-6-8-18-9-7-12)11-2-4-13(16)5-3-11/h2-10,14H,17H2,1H3,(H,19,20). The maximum absolute atomic E-state index is 13.0. The smallest absolute Gasteiger partial charge is 0.237 e. The van der Waals surface area contributed by atoms with Crippen LogP contribution in [-0.4, -0.2) is 16.9 Å². The van der Waals surface area contributed by atoms with Crippen LogP contribution in [0.25, 0.3) is 0 Å². The van der Waals surface area contributed by atoms with Crippen molar-refractivity contribution < 1.29 is 9.18 Å². The highest BCUT2D eigenvalue weighted by atomic mass is 19.1. The lowest BCUT2D eigenvalue weighted by molar-refractivity contribution is -0.122. The second-order valence-electron chi connectivity index (χ2n) is 4.56. The average molecular weight is 273 g/mol. The van der Waals surface area contributed by atoms with Crippen molar-refractivity contribution in [3.05, 3.63) is 65.7 Å². The zero-order chi connectivity index (χ0) is 14.5. The fourth-order valence-corrected chi connectivity index (χ4v) is 1.84. The van der Waals surface area contributed by atoms with Crippen molar-refractivity contribution in [2.45, 2.75) is 19.0 Å². The first-order valence-corrected chi connectivity index (χ1v) is 6.29. The highest BCUT2D eigenvalue weighted by Gasteiger charge is 2.18. The molecule has 0 saturated carbocycles. The largest absolute Gasteiger partial charge is 0.344 e. The molecule has 0 bridgehead atoms. The molecule has 0 aliphatic carbocycles. The molecule has 20 heavy (non-hydrogen) atoms. The van der Waals surface area contributed by atoms with Gasteiger partial charge in [0, 0.05) is 12.4 Å². The van der Waals surface area contributed by atoms with Crippen molar-refractivity contribution >= 4 is 5.91 Å². The molecule has 5 heteroatoms. The number of hydrogen-bond acceptors (Lipinski definition) is 3. The molecule has 2 unspecified atom stereocenters. The molecule has 0 aliphatic heterocycles. The molecule has 104 valence electrons. The summed E-state index contributed by atoms with van der Waals surface area (Å²) in [5.74, 6) is -0.586. The lowest BCUT2D eigenvalue weighted by atomic mass is 9.99. The van der Waals surface area contributed by atoms with Gasteiger partial charge in [-0.15, -0.1) is 0 Å². The van der Waals surface area contributed by atoms with Crippen LogP contribution in [0.5, 0.6) is 0 Å². The van der Waals surface area contributed by atoms with Crippen molar-refractivity contribution in [2.75, 3.05) is 0 Å². The van der Waals surface area contributed by atoms with Gasteiger partial charge in [-0.25, -0.2) is 4.39 Å². The minimum absolute atomic E-state index is 0.267. The summed E-state index contributed by atoms with van der Waals surface area (Å²) in [5, 5.41) is 2.85. The minimum atomic E-state index is -0.611. The fourth-order valence-electron chi connectivity index (χ4n) is 1.84. The maximum Gasteiger partial charge on any atom is 0.237 e. The molecular weight excluding hydrogens is 257 g/mol. The molecule has 4 nitrogen and oxygen atoms in total. The van der Waals surface area contributed by atoms with E-state index in [4.69, 9.17) is 5.73 Å². The zero-order valence-corrected chi connectivity index (χ0v) is 11.1. The highest BCUT2D eigenvalue weighted by Crippen LogP contribution is 2.21. The van der Waals surface area contributed by atoms with Gasteiger partial charge in [0.05, 0.1) is 12.1 Å². The predicted molar refractivity (Wildman–Crippen MR) is 74.3 cm³/mol. The lowest BCUT2D eigenvalue weighted by Gasteiger charge is -2.20. The molecule has 2 aromatic rings. The van der Waals surface area contributed by atoms with E-state index < -0.39 is 6.04 Å². The van der Waals surface area contributed by atoms with Crippen LogP contribution in [0.4, 0.5) is 4.39 Å². The van der Waals surface area contributed by atoms with E-state index >= 15 is 0 Å². The van der Waals surface area contributed by atoms with Crippen molar-refractivity contribution in [1.82, 2.24) is 10.3 Å². The molecule has 0 radical (unpaired) electrons. The molecule has 1 aromatic carbocycles. The maximum atomic E-state index is 13.0. The number of benzene rings is 1. The van der Waals surface area contributed by atoms with Gasteiger partial charge in [-0.2, -0.15) is 0 Å². The summed E-state index contributed by atoms with van der Waals surface area (Å²) in [7, 11) is 0. The van der Waals surface area contributed by atoms with Crippen LogP contribution in [0.2, 0.25) is 0 Å². The van der Waals surface area contributed by atoms with Gasteiger partial charge in [0.15, 0.2) is 0 Å². The van der Waals surface area contributed by atoms with E-state index in [1.165, 1.54) is 12.1 Å². The number of halogens is 1. The number of nitrogens with zero attached hydrogens (tertiary/aromatic N) is 1. The van der Waals surface area contributed by atoms with Crippen molar-refractivity contribution in [3.8, 4) is 0 Å². The molecular formula is C15H16FN3O. The second kappa shape index (κ2) is 6.25. The van der Waals surface area contributed by atoms with E-state index in [1.807, 2.05) is 0 Å². The average Bonchev–Trinajstić information content (AvgIpc) is 2.46. The SMILES string of the molecule is CC(N)C(=O)NC(c1ccncc1)c1ccc(F)cc1. The summed E-state index contributed by atoms with van der Waals surface area (Å²) in [6.07, 6.45) is 3.29. The number of rotatable bonds is 4. The van der Waals surface area contributed by atoms with Gasteiger partial charge in [-0.05, 0) is 42.3 Å². The summed E-state index contributed by atoms with van der Waals surface area (Å²) in [6.45, 7) is 1.61. The third-order valence-corrected chi connectivity index (χ3v) is 2.94. The highest BCUT2D eigenvalue weighted by molar-refractivity contribution is 5.81. The van der Waals surface area contributed by atoms with E-state index in [1.54, 1.807) is 43.6 Å². The molecule has 2 rings (SSSR count). The van der Waals surface area contributed by atoms with E-state index in [-0.39, 0.29) is 17.8 Å². The minimum Gasteiger partial charge on any atom is -0.344 e. The van der Waals surface area contributed by atoms with Gasteiger partial charge >= 0.3 is 0 Å². The molecule has 1 aromatic heterocycles. The van der Waals surface area contributed by atoms with Crippen LogP contribution in [0.3, 0.4) is 0 Å². The monoisotopic (exact) mass is 273 g/mol. The van der Waals surface area contributed by atoms with E-state index in [0.29, 0.717) is 0 Å². The molecule has 0 saturated heterocycles. The quantitative estimate of drug-likeness (QED) is 0.892. The molecule has 3 N–H and O–H groups in total. The third-order valence-electron chi connectivity index (χ3n) is 2.94. The van der Waals surface area contributed by atoms with Crippen molar-refractivity contribution in [1.29, 1.82) is 0 Å². The molecule has 0 spiro atoms. The van der Waals surface area contributed by atoms with Gasteiger partial charge in [-0.1, -0.05) is 12.1 Å². The molecule has 2 atom stereocenters. The summed E-state index contributed by atoms with van der Waals surface area (Å²) >= 11 is 0. The molecule has 0 fully saturated rings. The Morgan fingerprint density at radius 2 is 1.70 bits per heavy atom. The van der Waals surface area contributed by atoms with Gasteiger partial charge in [0.1, 0.15) is 5.82 Å². The first-order chi connectivity index (χ1) is 9.58. The van der Waals surface area contributed by atoms with Crippen LogP contribution in [-0.2, 0) is 4.79 Å². The Labute approximate surface area is 116 Å². The Morgan fingerprint density at radius 1 is 1.15 bits per heavy atom. The number of amides is 1. The van der Waals surface area contributed by atoms with Gasteiger partial charge in [0.25, 0.3) is 0 Å². The fraction of sp³-hybridized carbons (Fsp3) is 0.200. The van der Waals surface area contributed by atoms with Crippen LogP contribution in [0.15, 0.2) is 48.8 Å². The Kier molecular flexibility index (Phi) is 4.42. The molecule has 0 aliphatic rings. The van der Waals surface area contributed by atoms with E-state index in [9.17, 15) is 9.18 Å². The number of pyridine rings is 1. The van der Waals surface area contributed by atoms with Crippen molar-refractivity contribution in [2.24, 2.45) is 5.73 Å². The Bertz CT molecular complexity index is 569.